The standard InChI is InChI=1S/C26H27N3/c1-4-5-17-27-18-28(24-15-9-8-14-23(24)27)25-16-10-12-21-20-11-6-7-13-22(20)29(19(2)3)26(21)25/h6-16,19H,4-5,17H2,1-3H3/q+2. The smallest absolute Gasteiger partial charge is 0.332 e. The van der Waals surface area contributed by atoms with Gasteiger partial charge in [0.15, 0.2) is 6.54 Å². The topological polar surface area (TPSA) is 10.9 Å². The van der Waals surface area contributed by atoms with Gasteiger partial charge in [-0.2, -0.15) is 0 Å². The molecule has 0 N–H and O–H groups in total. The van der Waals surface area contributed by atoms with E-state index in [9.17, 15) is 0 Å². The summed E-state index contributed by atoms with van der Waals surface area (Å²) in [7, 11) is 0. The third kappa shape index (κ3) is 2.73. The molecular weight excluding hydrogens is 354 g/mol. The van der Waals surface area contributed by atoms with Crippen molar-refractivity contribution < 1.29 is 4.58 Å². The van der Waals surface area contributed by atoms with Crippen molar-refractivity contribution in [1.29, 1.82) is 0 Å². The van der Waals surface area contributed by atoms with Crippen molar-refractivity contribution in [2.24, 2.45) is 0 Å². The molecule has 144 valence electrons. The Bertz CT molecular complexity index is 1300. The normalized spacial score (nSPS) is 13.2. The maximum Gasteiger partial charge on any atom is 0.496 e. The van der Waals surface area contributed by atoms with Gasteiger partial charge in [-0.05, 0) is 24.5 Å². The number of fused-ring (bicyclic) bond motifs is 4. The highest BCUT2D eigenvalue weighted by molar-refractivity contribution is 6.12. The Labute approximate surface area is 171 Å². The maximum absolute atomic E-state index is 3.66. The van der Waals surface area contributed by atoms with Gasteiger partial charge in [0.05, 0.1) is 0 Å². The fraction of sp³-hybridized carbons (Fsp3) is 0.269. The Hall–Kier alpha value is -3.16. The fourth-order valence-corrected chi connectivity index (χ4v) is 4.53. The zero-order valence-corrected chi connectivity index (χ0v) is 17.4. The Morgan fingerprint density at radius 2 is 1.52 bits per heavy atom. The van der Waals surface area contributed by atoms with Crippen LogP contribution in [0.1, 0.15) is 39.7 Å². The molecule has 0 unspecified atom stereocenters. The average molecular weight is 382 g/mol. The first-order chi connectivity index (χ1) is 14.2. The van der Waals surface area contributed by atoms with Crippen LogP contribution in [0.4, 0.5) is 17.1 Å². The zero-order valence-electron chi connectivity index (χ0n) is 17.4. The van der Waals surface area contributed by atoms with Crippen molar-refractivity contribution >= 4 is 44.9 Å². The van der Waals surface area contributed by atoms with E-state index in [0.717, 1.165) is 13.0 Å². The van der Waals surface area contributed by atoms with Crippen LogP contribution in [0.25, 0.3) is 21.8 Å². The van der Waals surface area contributed by atoms with Crippen LogP contribution in [0.2, 0.25) is 0 Å². The van der Waals surface area contributed by atoms with Gasteiger partial charge in [-0.3, -0.25) is 0 Å². The summed E-state index contributed by atoms with van der Waals surface area (Å²) in [6, 6.07) is 28.1. The van der Waals surface area contributed by atoms with Gasteiger partial charge in [0.25, 0.3) is 17.1 Å². The van der Waals surface area contributed by atoms with E-state index in [1.54, 1.807) is 0 Å². The molecule has 1 aliphatic rings. The number of benzene rings is 3. The molecule has 3 aromatic carbocycles. The molecule has 1 aromatic heterocycles. The lowest BCUT2D eigenvalue weighted by Crippen LogP contribution is -2.06. The molecule has 0 fully saturated rings. The van der Waals surface area contributed by atoms with Gasteiger partial charge in [0.1, 0.15) is 5.52 Å². The van der Waals surface area contributed by atoms with Gasteiger partial charge < -0.3 is 4.57 Å². The highest BCUT2D eigenvalue weighted by Crippen LogP contribution is 2.40. The van der Waals surface area contributed by atoms with E-state index < -0.39 is 0 Å². The van der Waals surface area contributed by atoms with E-state index >= 15 is 0 Å². The van der Waals surface area contributed by atoms with Gasteiger partial charge in [-0.15, -0.1) is 0 Å². The van der Waals surface area contributed by atoms with Crippen LogP contribution in [-0.2, 0) is 0 Å². The van der Waals surface area contributed by atoms with Gasteiger partial charge in [0, 0.05) is 47.0 Å². The third-order valence-corrected chi connectivity index (χ3v) is 5.84. The monoisotopic (exact) mass is 381 g/mol. The molecule has 3 heteroatoms. The zero-order chi connectivity index (χ0) is 20.0. The predicted molar refractivity (Wildman–Crippen MR) is 122 cm³/mol. The summed E-state index contributed by atoms with van der Waals surface area (Å²) in [5, 5.41) is 2.62. The van der Waals surface area contributed by atoms with E-state index in [1.165, 1.54) is 45.3 Å². The van der Waals surface area contributed by atoms with E-state index in [-0.39, 0.29) is 0 Å². The summed E-state index contributed by atoms with van der Waals surface area (Å²) in [5.41, 5.74) is 6.21. The van der Waals surface area contributed by atoms with Gasteiger partial charge in [0.2, 0.25) is 0 Å². The SMILES string of the molecule is CCCC[N+]1=C=[N+](c2cccc3c4ccccc4n(C(C)C)c23)c2ccccc21. The highest BCUT2D eigenvalue weighted by Gasteiger charge is 2.36. The molecule has 0 amide bonds. The van der Waals surface area contributed by atoms with Gasteiger partial charge in [-0.25, -0.2) is 0 Å². The van der Waals surface area contributed by atoms with Crippen molar-refractivity contribution in [2.45, 2.75) is 39.7 Å². The number of aromatic nitrogens is 1. The van der Waals surface area contributed by atoms with Crippen LogP contribution in [0.5, 0.6) is 0 Å². The molecule has 5 rings (SSSR count). The molecule has 2 heterocycles. The third-order valence-electron chi connectivity index (χ3n) is 5.84. The molecule has 0 bridgehead atoms. The molecule has 0 radical (unpaired) electrons. The lowest BCUT2D eigenvalue weighted by atomic mass is 10.1. The predicted octanol–water partition coefficient (Wildman–Crippen LogP) is 6.84. The lowest BCUT2D eigenvalue weighted by molar-refractivity contribution is -0.431. The minimum Gasteiger partial charge on any atom is -0.332 e. The molecule has 0 saturated heterocycles. The van der Waals surface area contributed by atoms with E-state index in [4.69, 9.17) is 0 Å². The Kier molecular flexibility index (Phi) is 4.34. The van der Waals surface area contributed by atoms with E-state index in [2.05, 4.69) is 107 Å². The summed E-state index contributed by atoms with van der Waals surface area (Å²) in [6.07, 6.45) is 2.34. The molecule has 3 nitrogen and oxygen atoms in total. The number of hydrogen-bond acceptors (Lipinski definition) is 0. The second-order valence-electron chi connectivity index (χ2n) is 8.08. The number of nitrogens with zero attached hydrogens (tertiary/aromatic N) is 3. The van der Waals surface area contributed by atoms with Crippen LogP contribution in [0, 0.1) is 0 Å². The quantitative estimate of drug-likeness (QED) is 0.335. The molecule has 0 spiro atoms. The fourth-order valence-electron chi connectivity index (χ4n) is 4.53. The molecule has 1 aliphatic heterocycles. The Morgan fingerprint density at radius 1 is 0.828 bits per heavy atom. The first kappa shape index (κ1) is 17.9. The average Bonchev–Trinajstić information content (AvgIpc) is 3.28. The summed E-state index contributed by atoms with van der Waals surface area (Å²) in [6.45, 7) is 7.76. The summed E-state index contributed by atoms with van der Waals surface area (Å²) < 4.78 is 7.00. The first-order valence-corrected chi connectivity index (χ1v) is 10.7. The summed E-state index contributed by atoms with van der Waals surface area (Å²) >= 11 is 0. The highest BCUT2D eigenvalue weighted by atomic mass is 15.2. The van der Waals surface area contributed by atoms with Crippen LogP contribution in [-0.4, -0.2) is 21.7 Å². The first-order valence-electron chi connectivity index (χ1n) is 10.7. The summed E-state index contributed by atoms with van der Waals surface area (Å²) in [5.74, 6) is 0. The largest absolute Gasteiger partial charge is 0.496 e. The number of unbranched alkanes of at least 4 members (excludes halogenated alkanes) is 1. The number of hydrogen-bond donors (Lipinski definition) is 0. The molecule has 0 aliphatic carbocycles. The number of rotatable bonds is 5. The number of para-hydroxylation sites is 4. The van der Waals surface area contributed by atoms with Crippen molar-refractivity contribution in [3.05, 3.63) is 66.7 Å². The Balaban J connectivity index is 1.85. The molecule has 29 heavy (non-hydrogen) atoms. The van der Waals surface area contributed by atoms with Crippen molar-refractivity contribution in [1.82, 2.24) is 9.14 Å². The second kappa shape index (κ2) is 7.02. The minimum atomic E-state index is 0.368. The van der Waals surface area contributed by atoms with Gasteiger partial charge >= 0.3 is 6.01 Å². The van der Waals surface area contributed by atoms with E-state index in [1.807, 2.05) is 0 Å². The second-order valence-corrected chi connectivity index (χ2v) is 8.08. The molecule has 0 saturated carbocycles. The van der Waals surface area contributed by atoms with Crippen molar-refractivity contribution in [2.75, 3.05) is 6.54 Å². The van der Waals surface area contributed by atoms with Crippen LogP contribution in [0.15, 0.2) is 66.7 Å². The minimum absolute atomic E-state index is 0.368. The molecule has 0 atom stereocenters. The maximum atomic E-state index is 3.66. The molecular formula is C26H27N3+2. The molecule has 4 aromatic rings. The Morgan fingerprint density at radius 3 is 2.31 bits per heavy atom. The van der Waals surface area contributed by atoms with Crippen molar-refractivity contribution in [3.63, 3.8) is 0 Å². The van der Waals surface area contributed by atoms with Crippen LogP contribution in [0.3, 0.4) is 0 Å². The summed E-state index contributed by atoms with van der Waals surface area (Å²) in [4.78, 5) is 0. The van der Waals surface area contributed by atoms with E-state index in [0.29, 0.717) is 6.04 Å². The van der Waals surface area contributed by atoms with Crippen molar-refractivity contribution in [3.8, 4) is 0 Å². The lowest BCUT2D eigenvalue weighted by Gasteiger charge is -2.11. The van der Waals surface area contributed by atoms with Gasteiger partial charge in [-0.1, -0.05) is 60.4 Å². The van der Waals surface area contributed by atoms with Crippen LogP contribution < -0.4 is 4.58 Å². The van der Waals surface area contributed by atoms with Crippen LogP contribution >= 0.6 is 0 Å².